The zero-order valence-electron chi connectivity index (χ0n) is 10.3. The summed E-state index contributed by atoms with van der Waals surface area (Å²) in [6.07, 6.45) is 0.522. The van der Waals surface area contributed by atoms with Crippen LogP contribution in [0.4, 0.5) is 0 Å². The SMILES string of the molecule is O=C1CCSC[C@H]1[C@@H](C[N+](=O)[O-])c1ccccc1Br. The number of hydrogen-bond donors (Lipinski definition) is 0. The normalized spacial score (nSPS) is 21.1. The van der Waals surface area contributed by atoms with Crippen molar-refractivity contribution >= 4 is 33.5 Å². The Labute approximate surface area is 124 Å². The van der Waals surface area contributed by atoms with Gasteiger partial charge in [-0.05, 0) is 11.6 Å². The van der Waals surface area contributed by atoms with Crippen LogP contribution in [0.5, 0.6) is 0 Å². The van der Waals surface area contributed by atoms with Crippen LogP contribution < -0.4 is 0 Å². The topological polar surface area (TPSA) is 60.2 Å². The molecule has 0 unspecified atom stereocenters. The molecule has 2 atom stereocenters. The van der Waals surface area contributed by atoms with Gasteiger partial charge in [0.05, 0.1) is 5.92 Å². The minimum absolute atomic E-state index is 0.154. The van der Waals surface area contributed by atoms with Crippen molar-refractivity contribution < 1.29 is 9.72 Å². The molecule has 1 aliphatic heterocycles. The number of carbonyl (C=O) groups is 1. The molecule has 1 aromatic rings. The molecule has 0 aromatic heterocycles. The summed E-state index contributed by atoms with van der Waals surface area (Å²) in [5, 5.41) is 10.9. The van der Waals surface area contributed by atoms with E-state index in [-0.39, 0.29) is 29.1 Å². The molecule has 19 heavy (non-hydrogen) atoms. The van der Waals surface area contributed by atoms with E-state index in [1.165, 1.54) is 0 Å². The Morgan fingerprint density at radius 3 is 2.84 bits per heavy atom. The van der Waals surface area contributed by atoms with E-state index in [4.69, 9.17) is 0 Å². The molecule has 1 heterocycles. The molecule has 0 spiro atoms. The molecule has 0 amide bonds. The smallest absolute Gasteiger partial charge is 0.211 e. The highest BCUT2D eigenvalue weighted by molar-refractivity contribution is 9.10. The van der Waals surface area contributed by atoms with Crippen LogP contribution in [0.25, 0.3) is 0 Å². The minimum Gasteiger partial charge on any atom is -0.299 e. The van der Waals surface area contributed by atoms with E-state index >= 15 is 0 Å². The fourth-order valence-electron chi connectivity index (χ4n) is 2.38. The molecule has 1 aromatic carbocycles. The predicted octanol–water partition coefficient (Wildman–Crippen LogP) is 3.13. The Kier molecular flexibility index (Phi) is 4.99. The zero-order valence-corrected chi connectivity index (χ0v) is 12.7. The van der Waals surface area contributed by atoms with E-state index in [2.05, 4.69) is 15.9 Å². The molecule has 102 valence electrons. The first-order valence-corrected chi connectivity index (χ1v) is 8.01. The Hall–Kier alpha value is -0.880. The van der Waals surface area contributed by atoms with Gasteiger partial charge in [-0.25, -0.2) is 0 Å². The van der Waals surface area contributed by atoms with Gasteiger partial charge in [-0.1, -0.05) is 34.1 Å². The molecule has 2 rings (SSSR count). The van der Waals surface area contributed by atoms with Gasteiger partial charge in [-0.2, -0.15) is 11.8 Å². The molecular formula is C13H14BrNO3S. The number of carbonyl (C=O) groups excluding carboxylic acids is 1. The lowest BCUT2D eigenvalue weighted by atomic mass is 9.83. The molecule has 0 radical (unpaired) electrons. The van der Waals surface area contributed by atoms with Crippen LogP contribution in [0.2, 0.25) is 0 Å². The highest BCUT2D eigenvalue weighted by Crippen LogP contribution is 2.36. The van der Waals surface area contributed by atoms with Crippen molar-refractivity contribution in [3.05, 3.63) is 44.4 Å². The van der Waals surface area contributed by atoms with Gasteiger partial charge in [0.15, 0.2) is 0 Å². The van der Waals surface area contributed by atoms with Crippen molar-refractivity contribution in [2.45, 2.75) is 12.3 Å². The van der Waals surface area contributed by atoms with Gasteiger partial charge in [0, 0.05) is 33.2 Å². The van der Waals surface area contributed by atoms with Gasteiger partial charge >= 0.3 is 0 Å². The summed E-state index contributed by atoms with van der Waals surface area (Å²) in [5.41, 5.74) is 0.861. The largest absolute Gasteiger partial charge is 0.299 e. The van der Waals surface area contributed by atoms with E-state index in [1.54, 1.807) is 11.8 Å². The second-order valence-electron chi connectivity index (χ2n) is 4.54. The molecule has 1 saturated heterocycles. The number of Topliss-reactive ketones (excluding diaryl/α,β-unsaturated/α-hetero) is 1. The Balaban J connectivity index is 2.32. The maximum absolute atomic E-state index is 12.1. The van der Waals surface area contributed by atoms with Crippen LogP contribution in [0.15, 0.2) is 28.7 Å². The molecule has 4 nitrogen and oxygen atoms in total. The molecule has 1 fully saturated rings. The second-order valence-corrected chi connectivity index (χ2v) is 6.55. The summed E-state index contributed by atoms with van der Waals surface area (Å²) in [4.78, 5) is 22.6. The van der Waals surface area contributed by atoms with Crippen molar-refractivity contribution in [1.29, 1.82) is 0 Å². The van der Waals surface area contributed by atoms with Gasteiger partial charge in [0.25, 0.3) is 0 Å². The Morgan fingerprint density at radius 1 is 1.47 bits per heavy atom. The first kappa shape index (κ1) is 14.5. The van der Waals surface area contributed by atoms with E-state index in [0.29, 0.717) is 12.2 Å². The number of halogens is 1. The van der Waals surface area contributed by atoms with Crippen molar-refractivity contribution in [3.8, 4) is 0 Å². The lowest BCUT2D eigenvalue weighted by molar-refractivity contribution is -0.484. The average Bonchev–Trinajstić information content (AvgIpc) is 2.37. The number of benzene rings is 1. The maximum Gasteiger partial charge on any atom is 0.211 e. The Morgan fingerprint density at radius 2 is 2.21 bits per heavy atom. The highest BCUT2D eigenvalue weighted by Gasteiger charge is 2.35. The highest BCUT2D eigenvalue weighted by atomic mass is 79.9. The Bertz CT molecular complexity index is 495. The van der Waals surface area contributed by atoms with Crippen LogP contribution in [-0.4, -0.2) is 28.8 Å². The third-order valence-electron chi connectivity index (χ3n) is 3.34. The summed E-state index contributed by atoms with van der Waals surface area (Å²) in [6, 6.07) is 7.45. The lowest BCUT2D eigenvalue weighted by Crippen LogP contribution is -2.32. The lowest BCUT2D eigenvalue weighted by Gasteiger charge is -2.27. The molecule has 0 aliphatic carbocycles. The van der Waals surface area contributed by atoms with Crippen LogP contribution in [-0.2, 0) is 4.79 Å². The van der Waals surface area contributed by atoms with E-state index < -0.39 is 0 Å². The number of nitrogens with zero attached hydrogens (tertiary/aromatic N) is 1. The third-order valence-corrected chi connectivity index (χ3v) is 5.15. The third kappa shape index (κ3) is 3.57. The van der Waals surface area contributed by atoms with Crippen LogP contribution in [0.1, 0.15) is 17.9 Å². The number of ketones is 1. The number of thioether (sulfide) groups is 1. The fraction of sp³-hybridized carbons (Fsp3) is 0.462. The van der Waals surface area contributed by atoms with Crippen LogP contribution in [0.3, 0.4) is 0 Å². The first-order chi connectivity index (χ1) is 9.09. The molecule has 1 aliphatic rings. The first-order valence-electron chi connectivity index (χ1n) is 6.06. The summed E-state index contributed by atoms with van der Waals surface area (Å²) < 4.78 is 0.838. The quantitative estimate of drug-likeness (QED) is 0.622. The number of rotatable bonds is 4. The van der Waals surface area contributed by atoms with Crippen molar-refractivity contribution in [3.63, 3.8) is 0 Å². The van der Waals surface area contributed by atoms with E-state index in [1.807, 2.05) is 24.3 Å². The predicted molar refractivity (Wildman–Crippen MR) is 79.2 cm³/mol. The number of nitro groups is 1. The minimum atomic E-state index is -0.342. The van der Waals surface area contributed by atoms with Gasteiger partial charge < -0.3 is 0 Å². The molecule has 0 N–H and O–H groups in total. The summed E-state index contributed by atoms with van der Waals surface area (Å²) in [7, 11) is 0. The molecular weight excluding hydrogens is 330 g/mol. The summed E-state index contributed by atoms with van der Waals surface area (Å²) in [6.45, 7) is -0.195. The summed E-state index contributed by atoms with van der Waals surface area (Å²) in [5.74, 6) is 1.07. The molecule has 0 saturated carbocycles. The monoisotopic (exact) mass is 343 g/mol. The van der Waals surface area contributed by atoms with Crippen LogP contribution >= 0.6 is 27.7 Å². The second kappa shape index (κ2) is 6.52. The van der Waals surface area contributed by atoms with Gasteiger partial charge in [-0.3, -0.25) is 14.9 Å². The fourth-order valence-corrected chi connectivity index (χ4v) is 4.14. The van der Waals surface area contributed by atoms with E-state index in [9.17, 15) is 14.9 Å². The maximum atomic E-state index is 12.1. The zero-order chi connectivity index (χ0) is 13.8. The van der Waals surface area contributed by atoms with Crippen molar-refractivity contribution in [2.24, 2.45) is 5.92 Å². The summed E-state index contributed by atoms with van der Waals surface area (Å²) >= 11 is 5.14. The number of hydrogen-bond acceptors (Lipinski definition) is 4. The van der Waals surface area contributed by atoms with Gasteiger partial charge in [0.2, 0.25) is 6.54 Å². The van der Waals surface area contributed by atoms with Crippen molar-refractivity contribution in [1.82, 2.24) is 0 Å². The average molecular weight is 344 g/mol. The van der Waals surface area contributed by atoms with Gasteiger partial charge in [-0.15, -0.1) is 0 Å². The van der Waals surface area contributed by atoms with E-state index in [0.717, 1.165) is 15.8 Å². The molecule has 0 bridgehead atoms. The van der Waals surface area contributed by atoms with Crippen molar-refractivity contribution in [2.75, 3.05) is 18.1 Å². The molecule has 6 heteroatoms. The van der Waals surface area contributed by atoms with Gasteiger partial charge in [0.1, 0.15) is 5.78 Å². The van der Waals surface area contributed by atoms with Crippen LogP contribution in [0, 0.1) is 16.0 Å². The standard InChI is InChI=1S/C13H14BrNO3S/c14-12-4-2-1-3-9(12)10(7-15(17)18)11-8-19-6-5-13(11)16/h1-4,10-11H,5-8H2/t10-,11-/m0/s1.